The van der Waals surface area contributed by atoms with Gasteiger partial charge in [-0.25, -0.2) is 5.43 Å². The van der Waals surface area contributed by atoms with Crippen LogP contribution in [0.15, 0.2) is 83.3 Å². The topological polar surface area (TPSA) is 94.3 Å². The number of ether oxygens (including phenoxy) is 1. The Hall–Kier alpha value is -3.69. The summed E-state index contributed by atoms with van der Waals surface area (Å²) in [5.41, 5.74) is 5.08. The van der Waals surface area contributed by atoms with E-state index in [1.807, 2.05) is 60.0 Å². The summed E-state index contributed by atoms with van der Waals surface area (Å²) in [5.74, 6) is 1.28. The van der Waals surface area contributed by atoms with Crippen LogP contribution in [0.3, 0.4) is 0 Å². The normalized spacial score (nSPS) is 11.0. The summed E-state index contributed by atoms with van der Waals surface area (Å²) in [4.78, 5) is 16.4. The standard InChI is InChI=1S/C24H21ClN6O2S/c1-2-33-21-9-3-17(4-10-21)15-27-28-22(32)16-34-24-30-29-23(18-11-13-26-14-12-18)31(24)20-7-5-19(25)6-8-20/h3-15H,2,16H2,1H3,(H,28,32)/b27-15+. The SMILES string of the molecule is CCOc1ccc(/C=N/NC(=O)CSc2nnc(-c3ccncc3)n2-c2ccc(Cl)cc2)cc1. The van der Waals surface area contributed by atoms with Gasteiger partial charge in [-0.15, -0.1) is 10.2 Å². The van der Waals surface area contributed by atoms with Gasteiger partial charge < -0.3 is 4.74 Å². The number of amides is 1. The van der Waals surface area contributed by atoms with Crippen molar-refractivity contribution in [2.45, 2.75) is 12.1 Å². The van der Waals surface area contributed by atoms with E-state index in [4.69, 9.17) is 16.3 Å². The second-order valence-corrected chi connectivity index (χ2v) is 8.32. The summed E-state index contributed by atoms with van der Waals surface area (Å²) in [6.07, 6.45) is 4.97. The van der Waals surface area contributed by atoms with E-state index in [0.29, 0.717) is 22.6 Å². The predicted molar refractivity (Wildman–Crippen MR) is 134 cm³/mol. The van der Waals surface area contributed by atoms with E-state index in [1.54, 1.807) is 30.7 Å². The maximum absolute atomic E-state index is 12.4. The number of pyridine rings is 1. The average molecular weight is 493 g/mol. The van der Waals surface area contributed by atoms with Gasteiger partial charge >= 0.3 is 0 Å². The third-order valence-corrected chi connectivity index (χ3v) is 5.76. The first-order valence-electron chi connectivity index (χ1n) is 10.4. The third-order valence-electron chi connectivity index (χ3n) is 4.58. The van der Waals surface area contributed by atoms with Gasteiger partial charge in [0.15, 0.2) is 11.0 Å². The van der Waals surface area contributed by atoms with Crippen LogP contribution in [0.2, 0.25) is 5.02 Å². The minimum Gasteiger partial charge on any atom is -0.494 e. The van der Waals surface area contributed by atoms with Crippen LogP contribution < -0.4 is 10.2 Å². The highest BCUT2D eigenvalue weighted by molar-refractivity contribution is 7.99. The highest BCUT2D eigenvalue weighted by Gasteiger charge is 2.17. The Morgan fingerprint density at radius 3 is 2.53 bits per heavy atom. The minimum absolute atomic E-state index is 0.114. The Bertz CT molecular complexity index is 1260. The predicted octanol–water partition coefficient (Wildman–Crippen LogP) is 4.62. The van der Waals surface area contributed by atoms with Gasteiger partial charge in [-0.05, 0) is 73.2 Å². The van der Waals surface area contributed by atoms with Gasteiger partial charge in [0, 0.05) is 28.7 Å². The van der Waals surface area contributed by atoms with E-state index >= 15 is 0 Å². The first-order chi connectivity index (χ1) is 16.6. The molecular weight excluding hydrogens is 472 g/mol. The third kappa shape index (κ3) is 6.00. The van der Waals surface area contributed by atoms with Gasteiger partial charge in [-0.2, -0.15) is 5.10 Å². The van der Waals surface area contributed by atoms with Crippen LogP contribution >= 0.6 is 23.4 Å². The molecule has 172 valence electrons. The summed E-state index contributed by atoms with van der Waals surface area (Å²) in [5, 5.41) is 13.9. The molecule has 0 saturated carbocycles. The maximum Gasteiger partial charge on any atom is 0.250 e. The molecule has 0 aliphatic carbocycles. The Morgan fingerprint density at radius 2 is 1.82 bits per heavy atom. The fourth-order valence-electron chi connectivity index (χ4n) is 3.03. The number of rotatable bonds is 9. The molecule has 2 aromatic carbocycles. The van der Waals surface area contributed by atoms with Gasteiger partial charge in [0.05, 0.1) is 18.6 Å². The summed E-state index contributed by atoms with van der Waals surface area (Å²) in [6.45, 7) is 2.54. The van der Waals surface area contributed by atoms with Crippen LogP contribution in [0.1, 0.15) is 12.5 Å². The molecule has 0 aliphatic heterocycles. The van der Waals surface area contributed by atoms with Crippen molar-refractivity contribution in [1.82, 2.24) is 25.2 Å². The van der Waals surface area contributed by atoms with E-state index in [-0.39, 0.29) is 11.7 Å². The minimum atomic E-state index is -0.261. The van der Waals surface area contributed by atoms with Crippen molar-refractivity contribution in [1.29, 1.82) is 0 Å². The molecule has 1 N–H and O–H groups in total. The number of nitrogens with one attached hydrogen (secondary N) is 1. The Labute approximate surface area is 206 Å². The molecular formula is C24H21ClN6O2S. The number of carbonyl (C=O) groups excluding carboxylic acids is 1. The quantitative estimate of drug-likeness (QED) is 0.208. The van der Waals surface area contributed by atoms with Crippen LogP contribution in [0.5, 0.6) is 5.75 Å². The van der Waals surface area contributed by atoms with E-state index in [9.17, 15) is 4.79 Å². The fraction of sp³-hybridized carbons (Fsp3) is 0.125. The van der Waals surface area contributed by atoms with E-state index in [1.165, 1.54) is 11.8 Å². The zero-order valence-corrected chi connectivity index (χ0v) is 19.8. The highest BCUT2D eigenvalue weighted by Crippen LogP contribution is 2.28. The van der Waals surface area contributed by atoms with E-state index < -0.39 is 0 Å². The Balaban J connectivity index is 1.44. The highest BCUT2D eigenvalue weighted by atomic mass is 35.5. The molecule has 1 amide bonds. The monoisotopic (exact) mass is 492 g/mol. The second kappa shape index (κ2) is 11.4. The van der Waals surface area contributed by atoms with Crippen LogP contribution in [-0.2, 0) is 4.79 Å². The molecule has 4 aromatic rings. The van der Waals surface area contributed by atoms with Gasteiger partial charge in [-0.1, -0.05) is 23.4 Å². The lowest BCUT2D eigenvalue weighted by Crippen LogP contribution is -2.20. The van der Waals surface area contributed by atoms with Crippen molar-refractivity contribution < 1.29 is 9.53 Å². The molecule has 0 radical (unpaired) electrons. The molecule has 0 spiro atoms. The van der Waals surface area contributed by atoms with Gasteiger partial charge in [-0.3, -0.25) is 14.3 Å². The lowest BCUT2D eigenvalue weighted by atomic mass is 10.2. The lowest BCUT2D eigenvalue weighted by Gasteiger charge is -2.10. The molecule has 0 saturated heterocycles. The molecule has 0 atom stereocenters. The molecule has 10 heteroatoms. The zero-order valence-electron chi connectivity index (χ0n) is 18.3. The zero-order chi connectivity index (χ0) is 23.8. The summed E-state index contributed by atoms with van der Waals surface area (Å²) in [7, 11) is 0. The molecule has 8 nitrogen and oxygen atoms in total. The molecule has 2 heterocycles. The fourth-order valence-corrected chi connectivity index (χ4v) is 3.90. The number of aromatic nitrogens is 4. The number of halogens is 1. The molecule has 4 rings (SSSR count). The second-order valence-electron chi connectivity index (χ2n) is 6.94. The average Bonchev–Trinajstić information content (AvgIpc) is 3.29. The van der Waals surface area contributed by atoms with Crippen molar-refractivity contribution in [3.63, 3.8) is 0 Å². The van der Waals surface area contributed by atoms with Crippen molar-refractivity contribution in [3.8, 4) is 22.8 Å². The number of hydrazone groups is 1. The lowest BCUT2D eigenvalue weighted by molar-refractivity contribution is -0.118. The molecule has 0 fully saturated rings. The van der Waals surface area contributed by atoms with Crippen LogP contribution in [0.4, 0.5) is 0 Å². The first kappa shape index (κ1) is 23.5. The Kier molecular flexibility index (Phi) is 7.90. The molecule has 0 bridgehead atoms. The summed E-state index contributed by atoms with van der Waals surface area (Å²) < 4.78 is 7.30. The Morgan fingerprint density at radius 1 is 1.09 bits per heavy atom. The number of hydrogen-bond donors (Lipinski definition) is 1. The van der Waals surface area contributed by atoms with Crippen molar-refractivity contribution in [2.75, 3.05) is 12.4 Å². The smallest absolute Gasteiger partial charge is 0.250 e. The summed E-state index contributed by atoms with van der Waals surface area (Å²) in [6, 6.07) is 18.5. The largest absolute Gasteiger partial charge is 0.494 e. The summed E-state index contributed by atoms with van der Waals surface area (Å²) >= 11 is 7.32. The van der Waals surface area contributed by atoms with Crippen LogP contribution in [0, 0.1) is 0 Å². The van der Waals surface area contributed by atoms with Gasteiger partial charge in [0.25, 0.3) is 5.91 Å². The van der Waals surface area contributed by atoms with E-state index in [2.05, 4.69) is 25.7 Å². The number of thioether (sulfide) groups is 1. The molecule has 2 aromatic heterocycles. The number of hydrogen-bond acceptors (Lipinski definition) is 7. The maximum atomic E-state index is 12.4. The van der Waals surface area contributed by atoms with Crippen molar-refractivity contribution >= 4 is 35.5 Å². The first-order valence-corrected chi connectivity index (χ1v) is 11.8. The van der Waals surface area contributed by atoms with Gasteiger partial charge in [0.1, 0.15) is 5.75 Å². The molecule has 0 unspecified atom stereocenters. The van der Waals surface area contributed by atoms with Crippen LogP contribution in [-0.4, -0.2) is 44.2 Å². The van der Waals surface area contributed by atoms with Crippen molar-refractivity contribution in [3.05, 3.63) is 83.6 Å². The molecule has 0 aliphatic rings. The number of carbonyl (C=O) groups is 1. The van der Waals surface area contributed by atoms with Gasteiger partial charge in [0.2, 0.25) is 0 Å². The van der Waals surface area contributed by atoms with E-state index in [0.717, 1.165) is 22.6 Å². The molecule has 34 heavy (non-hydrogen) atoms. The number of benzene rings is 2. The number of nitrogens with zero attached hydrogens (tertiary/aromatic N) is 5. The van der Waals surface area contributed by atoms with Crippen LogP contribution in [0.25, 0.3) is 17.1 Å². The van der Waals surface area contributed by atoms with Crippen molar-refractivity contribution in [2.24, 2.45) is 5.10 Å².